The average molecular weight is 916 g/mol. The minimum atomic E-state index is -4.68. The van der Waals surface area contributed by atoms with Crippen LogP contribution in [0.25, 0.3) is 0 Å². The van der Waals surface area contributed by atoms with Gasteiger partial charge in [-0.2, -0.15) is 8.42 Å². The SMILES string of the molecule is CC(C)C(=O)CCOCCOCCOCCOCCC(=O)CC[C@@H](CS(=O)(=O)O)C(=O)N[C@H](C(=O)N[C@@H](CCCNC(N)=O)C(=O)Nc1ccc(COC(=O)C(C)C)cc1)C(C)C. The van der Waals surface area contributed by atoms with Crippen LogP contribution < -0.4 is 27.0 Å². The number of esters is 1. The van der Waals surface area contributed by atoms with Crippen molar-refractivity contribution in [3.63, 3.8) is 0 Å². The van der Waals surface area contributed by atoms with E-state index in [0.717, 1.165) is 0 Å². The van der Waals surface area contributed by atoms with E-state index in [2.05, 4.69) is 21.3 Å². The summed E-state index contributed by atoms with van der Waals surface area (Å²) in [5.74, 6) is -6.10. The van der Waals surface area contributed by atoms with Gasteiger partial charge in [0.1, 0.15) is 30.3 Å². The molecule has 1 aromatic rings. The molecule has 0 aliphatic carbocycles. The molecule has 0 saturated heterocycles. The molecule has 0 aliphatic rings. The van der Waals surface area contributed by atoms with Crippen LogP contribution in [0.2, 0.25) is 0 Å². The molecular weight excluding hydrogens is 847 g/mol. The summed E-state index contributed by atoms with van der Waals surface area (Å²) in [5.41, 5.74) is 6.20. The molecule has 0 aromatic heterocycles. The van der Waals surface area contributed by atoms with Gasteiger partial charge in [-0.05, 0) is 42.9 Å². The van der Waals surface area contributed by atoms with Crippen LogP contribution in [0.3, 0.4) is 0 Å². The first kappa shape index (κ1) is 56.5. The predicted octanol–water partition coefficient (Wildman–Crippen LogP) is 2.32. The maximum atomic E-state index is 13.7. The molecule has 0 bridgehead atoms. The largest absolute Gasteiger partial charge is 0.461 e. The molecule has 0 fully saturated rings. The zero-order chi connectivity index (χ0) is 47.4. The zero-order valence-electron chi connectivity index (χ0n) is 37.4. The van der Waals surface area contributed by atoms with Crippen molar-refractivity contribution in [2.45, 2.75) is 98.8 Å². The molecule has 0 heterocycles. The van der Waals surface area contributed by atoms with Crippen molar-refractivity contribution >= 4 is 57.1 Å². The van der Waals surface area contributed by atoms with Crippen LogP contribution in [0.15, 0.2) is 24.3 Å². The van der Waals surface area contributed by atoms with Crippen LogP contribution in [0.1, 0.15) is 85.6 Å². The molecule has 1 rings (SSSR count). The number of urea groups is 1. The number of rotatable bonds is 35. The molecule has 63 heavy (non-hydrogen) atoms. The Bertz CT molecular complexity index is 1690. The Kier molecular flexibility index (Phi) is 28.1. The van der Waals surface area contributed by atoms with Crippen LogP contribution in [-0.2, 0) is 69.2 Å². The summed E-state index contributed by atoms with van der Waals surface area (Å²) in [7, 11) is -4.68. The number of carbonyl (C=O) groups excluding carboxylic acids is 7. The minimum Gasteiger partial charge on any atom is -0.461 e. The fourth-order valence-corrected chi connectivity index (χ4v) is 6.33. The summed E-state index contributed by atoms with van der Waals surface area (Å²) in [6, 6.07) is 3.28. The van der Waals surface area contributed by atoms with Gasteiger partial charge in [0.25, 0.3) is 10.1 Å². The van der Waals surface area contributed by atoms with Crippen molar-refractivity contribution in [3.05, 3.63) is 29.8 Å². The molecule has 358 valence electrons. The van der Waals surface area contributed by atoms with Crippen molar-refractivity contribution in [3.8, 4) is 0 Å². The maximum Gasteiger partial charge on any atom is 0.312 e. The van der Waals surface area contributed by atoms with E-state index in [4.69, 9.17) is 29.4 Å². The van der Waals surface area contributed by atoms with Gasteiger partial charge in [0.15, 0.2) is 0 Å². The Balaban J connectivity index is 2.71. The summed E-state index contributed by atoms with van der Waals surface area (Å²) in [6.07, 6.45) is 0.140. The smallest absolute Gasteiger partial charge is 0.312 e. The van der Waals surface area contributed by atoms with E-state index in [1.807, 2.05) is 13.8 Å². The molecule has 7 N–H and O–H groups in total. The van der Waals surface area contributed by atoms with Crippen molar-refractivity contribution in [1.82, 2.24) is 16.0 Å². The highest BCUT2D eigenvalue weighted by Gasteiger charge is 2.32. The second kappa shape index (κ2) is 31.3. The average Bonchev–Trinajstić information content (AvgIpc) is 3.21. The maximum absolute atomic E-state index is 13.7. The molecule has 21 heteroatoms. The summed E-state index contributed by atoms with van der Waals surface area (Å²) < 4.78 is 60.3. The third kappa shape index (κ3) is 27.3. The highest BCUT2D eigenvalue weighted by Crippen LogP contribution is 2.16. The van der Waals surface area contributed by atoms with E-state index in [1.165, 1.54) is 0 Å². The van der Waals surface area contributed by atoms with Crippen molar-refractivity contribution < 1.29 is 70.2 Å². The normalized spacial score (nSPS) is 13.0. The number of carbonyl (C=O) groups is 7. The third-order valence-corrected chi connectivity index (χ3v) is 10.1. The number of benzene rings is 1. The minimum absolute atomic E-state index is 0.0154. The van der Waals surface area contributed by atoms with Gasteiger partial charge in [-0.25, -0.2) is 4.79 Å². The Labute approximate surface area is 370 Å². The molecule has 0 saturated carbocycles. The number of hydrogen-bond acceptors (Lipinski definition) is 14. The zero-order valence-corrected chi connectivity index (χ0v) is 38.3. The van der Waals surface area contributed by atoms with Gasteiger partial charge in [0.2, 0.25) is 17.7 Å². The van der Waals surface area contributed by atoms with E-state index in [9.17, 15) is 46.5 Å². The lowest BCUT2D eigenvalue weighted by atomic mass is 9.98. The number of ether oxygens (including phenoxy) is 5. The molecule has 3 atom stereocenters. The number of nitrogens with one attached hydrogen (secondary N) is 4. The fraction of sp³-hybridized carbons (Fsp3) is 0.690. The lowest BCUT2D eigenvalue weighted by molar-refractivity contribution is -0.148. The van der Waals surface area contributed by atoms with Crippen LogP contribution in [0, 0.1) is 23.7 Å². The number of hydrogen-bond donors (Lipinski definition) is 6. The van der Waals surface area contributed by atoms with Crippen molar-refractivity contribution in [2.75, 3.05) is 70.5 Å². The van der Waals surface area contributed by atoms with Crippen LogP contribution in [-0.4, -0.2) is 131 Å². The first-order valence-corrected chi connectivity index (χ1v) is 22.8. The molecule has 5 amide bonds. The Morgan fingerprint density at radius 2 is 1.24 bits per heavy atom. The second-order valence-electron chi connectivity index (χ2n) is 15.8. The van der Waals surface area contributed by atoms with E-state index >= 15 is 0 Å². The molecule has 1 aromatic carbocycles. The number of amides is 5. The van der Waals surface area contributed by atoms with Gasteiger partial charge in [-0.15, -0.1) is 0 Å². The fourth-order valence-electron chi connectivity index (χ4n) is 5.50. The van der Waals surface area contributed by atoms with Crippen LogP contribution in [0.5, 0.6) is 0 Å². The summed E-state index contributed by atoms with van der Waals surface area (Å²) in [5, 5.41) is 10.3. The van der Waals surface area contributed by atoms with Crippen molar-refractivity contribution in [2.24, 2.45) is 29.4 Å². The molecule has 0 aliphatic heterocycles. The van der Waals surface area contributed by atoms with E-state index < -0.39 is 63.5 Å². The highest BCUT2D eigenvalue weighted by atomic mass is 32.2. The van der Waals surface area contributed by atoms with Gasteiger partial charge in [0, 0.05) is 37.4 Å². The quantitative estimate of drug-likeness (QED) is 0.0324. The first-order chi connectivity index (χ1) is 29.7. The lowest BCUT2D eigenvalue weighted by Gasteiger charge is -2.27. The predicted molar refractivity (Wildman–Crippen MR) is 232 cm³/mol. The first-order valence-electron chi connectivity index (χ1n) is 21.2. The summed E-state index contributed by atoms with van der Waals surface area (Å²) >= 11 is 0. The molecule has 0 unspecified atom stereocenters. The monoisotopic (exact) mass is 915 g/mol. The van der Waals surface area contributed by atoms with E-state index in [1.54, 1.807) is 52.0 Å². The Hall–Kier alpha value is -4.54. The third-order valence-electron chi connectivity index (χ3n) is 9.25. The highest BCUT2D eigenvalue weighted by molar-refractivity contribution is 7.85. The Morgan fingerprint density at radius 3 is 1.75 bits per heavy atom. The van der Waals surface area contributed by atoms with E-state index in [0.29, 0.717) is 50.7 Å². The van der Waals surface area contributed by atoms with Gasteiger partial charge in [-0.1, -0.05) is 53.7 Å². The van der Waals surface area contributed by atoms with Crippen LogP contribution in [0.4, 0.5) is 10.5 Å². The molecule has 0 spiro atoms. The second-order valence-corrected chi connectivity index (χ2v) is 17.3. The number of nitrogens with two attached hydrogens (primary N) is 1. The van der Waals surface area contributed by atoms with Gasteiger partial charge < -0.3 is 50.7 Å². The topological polar surface area (TPSA) is 294 Å². The van der Waals surface area contributed by atoms with Gasteiger partial charge >= 0.3 is 12.0 Å². The lowest BCUT2D eigenvalue weighted by Crippen LogP contribution is -2.55. The van der Waals surface area contributed by atoms with Crippen molar-refractivity contribution in [1.29, 1.82) is 0 Å². The summed E-state index contributed by atoms with van der Waals surface area (Å²) in [6.45, 7) is 12.7. The number of ketones is 2. The van der Waals surface area contributed by atoms with Gasteiger partial charge in [-0.3, -0.25) is 33.3 Å². The van der Waals surface area contributed by atoms with Gasteiger partial charge in [0.05, 0.1) is 70.4 Å². The molecular formula is C42H69N5O15S. The summed E-state index contributed by atoms with van der Waals surface area (Å²) in [4.78, 5) is 87.8. The number of Topliss-reactive ketones (excluding diaryl/α,β-unsaturated/α-hetero) is 2. The standard InChI is InChI=1S/C42H69N5O15S/c1-28(2)36(49)16-19-59-21-23-61-25-24-60-22-20-58-18-15-34(48)14-11-32(27-63(55,56)57)38(50)47-37(29(3)4)40(52)46-35(8-7-17-44-42(43)54)39(51)45-33-12-9-31(10-13-33)26-62-41(53)30(5)6/h9-10,12-13,28-30,32,35,37H,7-8,11,14-27H2,1-6H3,(H,45,51)(H,46,52)(H,47,50)(H3,43,44,54)(H,55,56,57)/t32-,35-,37-/m0/s1. The Morgan fingerprint density at radius 1 is 0.683 bits per heavy atom. The number of primary amides is 1. The van der Waals surface area contributed by atoms with Crippen LogP contribution >= 0.6 is 0 Å². The molecule has 0 radical (unpaired) electrons. The molecule has 20 nitrogen and oxygen atoms in total. The number of anilines is 1. The van der Waals surface area contributed by atoms with E-state index in [-0.39, 0.29) is 94.4 Å².